The van der Waals surface area contributed by atoms with Crippen LogP contribution < -0.4 is 5.32 Å². The van der Waals surface area contributed by atoms with Gasteiger partial charge in [0.25, 0.3) is 0 Å². The lowest BCUT2D eigenvalue weighted by Gasteiger charge is -2.07. The van der Waals surface area contributed by atoms with E-state index in [2.05, 4.69) is 11.4 Å². The van der Waals surface area contributed by atoms with E-state index in [1.54, 1.807) is 6.07 Å². The molecule has 2 heterocycles. The number of aromatic carboxylic acids is 1. The summed E-state index contributed by atoms with van der Waals surface area (Å²) < 4.78 is 2.04. The molecule has 0 radical (unpaired) electrons. The van der Waals surface area contributed by atoms with Gasteiger partial charge in [0, 0.05) is 18.1 Å². The molecule has 26 heavy (non-hydrogen) atoms. The molecule has 2 aromatic heterocycles. The Morgan fingerprint density at radius 2 is 1.85 bits per heavy atom. The second kappa shape index (κ2) is 6.86. The molecule has 0 aliphatic carbocycles. The van der Waals surface area contributed by atoms with Crippen LogP contribution in [0.5, 0.6) is 0 Å². The first-order valence-electron chi connectivity index (χ1n) is 8.04. The van der Waals surface area contributed by atoms with Gasteiger partial charge in [-0.15, -0.1) is 11.3 Å². The summed E-state index contributed by atoms with van der Waals surface area (Å²) in [6, 6.07) is 19.2. The number of nitrogens with zero attached hydrogens (tertiary/aromatic N) is 1. The minimum Gasteiger partial charge on any atom is -0.477 e. The number of para-hydroxylation sites is 2. The van der Waals surface area contributed by atoms with Crippen molar-refractivity contribution in [1.29, 1.82) is 0 Å². The van der Waals surface area contributed by atoms with Gasteiger partial charge in [0.2, 0.25) is 0 Å². The zero-order valence-corrected chi connectivity index (χ0v) is 15.2. The number of nitrogens with one attached hydrogen (secondary N) is 1. The van der Waals surface area contributed by atoms with E-state index in [0.717, 1.165) is 27.2 Å². The number of hydrogen-bond acceptors (Lipinski definition) is 3. The lowest BCUT2D eigenvalue weighted by atomic mass is 10.2. The number of carbonyl (C=O) groups is 1. The van der Waals surface area contributed by atoms with Crippen molar-refractivity contribution in [2.45, 2.75) is 6.54 Å². The Morgan fingerprint density at radius 3 is 2.62 bits per heavy atom. The largest absolute Gasteiger partial charge is 0.477 e. The average molecular weight is 383 g/mol. The molecule has 0 bridgehead atoms. The molecule has 0 fully saturated rings. The van der Waals surface area contributed by atoms with Crippen LogP contribution in [0.4, 0.5) is 5.69 Å². The quantitative estimate of drug-likeness (QED) is 0.468. The third-order valence-corrected chi connectivity index (χ3v) is 5.58. The first-order chi connectivity index (χ1) is 12.6. The van der Waals surface area contributed by atoms with Gasteiger partial charge in [-0.3, -0.25) is 0 Å². The molecule has 6 heteroatoms. The molecule has 4 nitrogen and oxygen atoms in total. The van der Waals surface area contributed by atoms with Gasteiger partial charge in [-0.2, -0.15) is 0 Å². The van der Waals surface area contributed by atoms with Crippen molar-refractivity contribution in [3.63, 3.8) is 0 Å². The Bertz CT molecular complexity index is 1100. The molecule has 0 aliphatic rings. The van der Waals surface area contributed by atoms with Gasteiger partial charge in [0.1, 0.15) is 9.88 Å². The van der Waals surface area contributed by atoms with E-state index in [0.29, 0.717) is 16.4 Å². The summed E-state index contributed by atoms with van der Waals surface area (Å²) in [6.07, 6.45) is 2.05. The van der Waals surface area contributed by atoms with Gasteiger partial charge >= 0.3 is 5.97 Å². The highest BCUT2D eigenvalue weighted by molar-refractivity contribution is 7.16. The summed E-state index contributed by atoms with van der Waals surface area (Å²) in [5.41, 5.74) is 3.04. The summed E-state index contributed by atoms with van der Waals surface area (Å²) in [5.74, 6) is -0.904. The molecule has 0 aliphatic heterocycles. The Labute approximate surface area is 159 Å². The number of fused-ring (bicyclic) bond motifs is 1. The van der Waals surface area contributed by atoms with E-state index in [1.807, 2.05) is 59.3 Å². The van der Waals surface area contributed by atoms with Gasteiger partial charge in [-0.05, 0) is 35.9 Å². The van der Waals surface area contributed by atoms with Crippen LogP contribution in [0.15, 0.2) is 66.9 Å². The first-order valence-corrected chi connectivity index (χ1v) is 9.24. The van der Waals surface area contributed by atoms with Crippen LogP contribution in [0.1, 0.15) is 15.2 Å². The highest BCUT2D eigenvalue weighted by atomic mass is 35.5. The van der Waals surface area contributed by atoms with E-state index < -0.39 is 5.97 Å². The molecule has 130 valence electrons. The molecule has 0 saturated carbocycles. The van der Waals surface area contributed by atoms with Crippen molar-refractivity contribution < 1.29 is 9.90 Å². The van der Waals surface area contributed by atoms with Crippen molar-refractivity contribution in [2.24, 2.45) is 0 Å². The normalized spacial score (nSPS) is 11.0. The maximum absolute atomic E-state index is 11.2. The van der Waals surface area contributed by atoms with Crippen LogP contribution >= 0.6 is 22.9 Å². The van der Waals surface area contributed by atoms with Gasteiger partial charge < -0.3 is 15.0 Å². The summed E-state index contributed by atoms with van der Waals surface area (Å²) in [4.78, 5) is 11.5. The molecule has 0 spiro atoms. The van der Waals surface area contributed by atoms with E-state index in [-0.39, 0.29) is 0 Å². The van der Waals surface area contributed by atoms with E-state index in [9.17, 15) is 9.90 Å². The third kappa shape index (κ3) is 3.07. The van der Waals surface area contributed by atoms with Crippen LogP contribution in [0, 0.1) is 0 Å². The summed E-state index contributed by atoms with van der Waals surface area (Å²) in [5, 5.41) is 15.2. The summed E-state index contributed by atoms with van der Waals surface area (Å²) in [6.45, 7) is 0.619. The molecule has 0 unspecified atom stereocenters. The number of thiophene rings is 1. The van der Waals surface area contributed by atoms with Crippen LogP contribution in [0.3, 0.4) is 0 Å². The molecule has 0 atom stereocenters. The molecule has 0 saturated heterocycles. The maximum Gasteiger partial charge on any atom is 0.345 e. The van der Waals surface area contributed by atoms with E-state index in [4.69, 9.17) is 11.6 Å². The van der Waals surface area contributed by atoms with Crippen molar-refractivity contribution >= 4 is 45.5 Å². The van der Waals surface area contributed by atoms with Gasteiger partial charge in [0.05, 0.1) is 16.2 Å². The van der Waals surface area contributed by atoms with Gasteiger partial charge in [0.15, 0.2) is 0 Å². The SMILES string of the molecule is O=C(O)c1ccc(-n2cc(CNc3ccccc3Cl)c3ccccc32)s1. The lowest BCUT2D eigenvalue weighted by Crippen LogP contribution is -1.99. The van der Waals surface area contributed by atoms with Gasteiger partial charge in [-0.25, -0.2) is 4.79 Å². The molecule has 4 rings (SSSR count). The molecule has 2 aromatic carbocycles. The first kappa shape index (κ1) is 16.7. The number of carboxylic acids is 1. The van der Waals surface area contributed by atoms with Crippen molar-refractivity contribution in [3.05, 3.63) is 82.3 Å². The average Bonchev–Trinajstić information content (AvgIpc) is 3.26. The van der Waals surface area contributed by atoms with E-state index >= 15 is 0 Å². The smallest absolute Gasteiger partial charge is 0.345 e. The van der Waals surface area contributed by atoms with Gasteiger partial charge in [-0.1, -0.05) is 41.9 Å². The van der Waals surface area contributed by atoms with Crippen LogP contribution in [0.25, 0.3) is 15.9 Å². The minimum atomic E-state index is -0.904. The predicted molar refractivity (Wildman–Crippen MR) is 107 cm³/mol. The highest BCUT2D eigenvalue weighted by Crippen LogP contribution is 2.30. The molecule has 0 amide bonds. The van der Waals surface area contributed by atoms with Crippen LogP contribution in [0.2, 0.25) is 5.02 Å². The standard InChI is InChI=1S/C20H15ClN2O2S/c21-15-6-2-3-7-16(15)22-11-13-12-23(17-8-4-1-5-14(13)17)19-10-9-18(26-19)20(24)25/h1-10,12,22H,11H2,(H,24,25). The maximum atomic E-state index is 11.2. The number of benzene rings is 2. The highest BCUT2D eigenvalue weighted by Gasteiger charge is 2.13. The third-order valence-electron chi connectivity index (χ3n) is 4.18. The molecular formula is C20H15ClN2O2S. The second-order valence-electron chi connectivity index (χ2n) is 5.82. The Kier molecular flexibility index (Phi) is 4.41. The number of anilines is 1. The Balaban J connectivity index is 1.72. The zero-order valence-electron chi connectivity index (χ0n) is 13.6. The second-order valence-corrected chi connectivity index (χ2v) is 7.29. The minimum absolute atomic E-state index is 0.327. The zero-order chi connectivity index (χ0) is 18.1. The fourth-order valence-electron chi connectivity index (χ4n) is 2.94. The van der Waals surface area contributed by atoms with Crippen LogP contribution in [-0.2, 0) is 6.54 Å². The topological polar surface area (TPSA) is 54.3 Å². The Hall–Kier alpha value is -2.76. The number of hydrogen-bond donors (Lipinski definition) is 2. The van der Waals surface area contributed by atoms with E-state index in [1.165, 1.54) is 11.3 Å². The predicted octanol–water partition coefficient (Wildman–Crippen LogP) is 5.66. The summed E-state index contributed by atoms with van der Waals surface area (Å²) in [7, 11) is 0. The lowest BCUT2D eigenvalue weighted by molar-refractivity contribution is 0.0702. The van der Waals surface area contributed by atoms with Crippen LogP contribution in [-0.4, -0.2) is 15.6 Å². The fourth-order valence-corrected chi connectivity index (χ4v) is 3.98. The number of aromatic nitrogens is 1. The molecular weight excluding hydrogens is 368 g/mol. The fraction of sp³-hybridized carbons (Fsp3) is 0.0500. The number of carboxylic acid groups (broad SMARTS) is 1. The number of rotatable bonds is 5. The number of halogens is 1. The Morgan fingerprint density at radius 1 is 1.08 bits per heavy atom. The molecule has 2 N–H and O–H groups in total. The molecule has 4 aromatic rings. The summed E-state index contributed by atoms with van der Waals surface area (Å²) >= 11 is 7.48. The monoisotopic (exact) mass is 382 g/mol. The van der Waals surface area contributed by atoms with Crippen molar-refractivity contribution in [3.8, 4) is 5.00 Å². The van der Waals surface area contributed by atoms with Crippen molar-refractivity contribution in [1.82, 2.24) is 4.57 Å². The van der Waals surface area contributed by atoms with Crippen molar-refractivity contribution in [2.75, 3.05) is 5.32 Å².